The predicted molar refractivity (Wildman–Crippen MR) is 142 cm³/mol. The van der Waals surface area contributed by atoms with Crippen LogP contribution >= 0.6 is 12.6 Å². The Morgan fingerprint density at radius 1 is 0.947 bits per heavy atom. The zero-order valence-electron chi connectivity index (χ0n) is 20.8. The third kappa shape index (κ3) is 10.0. The number of amides is 3. The second-order valence-corrected chi connectivity index (χ2v) is 9.11. The first-order chi connectivity index (χ1) is 18.1. The van der Waals surface area contributed by atoms with Gasteiger partial charge in [-0.1, -0.05) is 18.6 Å². The van der Waals surface area contributed by atoms with Crippen LogP contribution in [0.4, 0.5) is 0 Å². The maximum atomic E-state index is 13.4. The summed E-state index contributed by atoms with van der Waals surface area (Å²) in [6.07, 6.45) is 4.68. The lowest BCUT2D eigenvalue weighted by molar-refractivity contribution is -0.141. The maximum Gasteiger partial charge on any atom is 0.327 e. The summed E-state index contributed by atoms with van der Waals surface area (Å²) in [5.74, 6) is -3.40. The van der Waals surface area contributed by atoms with E-state index in [0.29, 0.717) is 37.1 Å². The van der Waals surface area contributed by atoms with Crippen LogP contribution in [0, 0.1) is 0 Å². The normalized spacial score (nSPS) is 14.1. The van der Waals surface area contributed by atoms with Crippen LogP contribution in [0.25, 0.3) is 0 Å². The van der Waals surface area contributed by atoms with Crippen LogP contribution in [-0.2, 0) is 32.0 Å². The summed E-state index contributed by atoms with van der Waals surface area (Å²) in [7, 11) is 0. The molecule has 0 fully saturated rings. The lowest BCUT2D eigenvalue weighted by Crippen LogP contribution is -2.58. The summed E-state index contributed by atoms with van der Waals surface area (Å²) in [5.41, 5.74) is 12.6. The summed E-state index contributed by atoms with van der Waals surface area (Å²) in [5, 5.41) is 26.5. The number of thiol groups is 1. The molecule has 0 aliphatic rings. The molecule has 4 atom stereocenters. The summed E-state index contributed by atoms with van der Waals surface area (Å²) < 4.78 is 0. The Labute approximate surface area is 225 Å². The lowest BCUT2D eigenvalue weighted by Gasteiger charge is -2.25. The molecule has 3 amide bonds. The van der Waals surface area contributed by atoms with Gasteiger partial charge in [-0.15, -0.1) is 0 Å². The maximum absolute atomic E-state index is 13.4. The molecule has 0 saturated carbocycles. The molecule has 4 unspecified atom stereocenters. The highest BCUT2D eigenvalue weighted by Gasteiger charge is 2.30. The number of nitrogens with two attached hydrogens (primary N) is 2. The highest BCUT2D eigenvalue weighted by Crippen LogP contribution is 2.12. The largest absolute Gasteiger partial charge is 0.508 e. The van der Waals surface area contributed by atoms with Gasteiger partial charge in [0.15, 0.2) is 0 Å². The average molecular weight is 550 g/mol. The van der Waals surface area contributed by atoms with Crippen LogP contribution in [0.2, 0.25) is 0 Å². The van der Waals surface area contributed by atoms with Gasteiger partial charge in [0, 0.05) is 30.5 Å². The molecule has 13 nitrogen and oxygen atoms in total. The molecule has 0 radical (unpaired) electrons. The summed E-state index contributed by atoms with van der Waals surface area (Å²) >= 11 is 3.96. The summed E-state index contributed by atoms with van der Waals surface area (Å²) in [4.78, 5) is 57.3. The molecule has 2 aromatic rings. The fourth-order valence-electron chi connectivity index (χ4n) is 3.55. The Morgan fingerprint density at radius 3 is 2.11 bits per heavy atom. The van der Waals surface area contributed by atoms with Crippen molar-refractivity contribution >= 4 is 36.3 Å². The molecule has 1 aromatic carbocycles. The Bertz CT molecular complexity index is 1050. The zero-order chi connectivity index (χ0) is 28.1. The molecular formula is C24H35N7O6S. The van der Waals surface area contributed by atoms with E-state index in [1.807, 2.05) is 0 Å². The van der Waals surface area contributed by atoms with E-state index in [1.54, 1.807) is 12.1 Å². The standard InChI is InChI=1S/C24H35N7O6S/c25-8-2-1-3-17(26)21(33)29-19(10-15-11-27-13-28-15)23(35)30-18(9-14-4-6-16(32)7-5-14)22(34)31-20(12-38)24(36)37/h4-7,11,13,17-20,32,38H,1-3,8-10,12,25-26H2,(H,27,28)(H,29,33)(H,30,35)(H,31,34)(H,36,37). The number of carbonyl (C=O) groups is 4. The second kappa shape index (κ2) is 15.6. The number of hydrogen-bond acceptors (Lipinski definition) is 9. The molecule has 1 aromatic heterocycles. The number of phenols is 1. The number of hydrogen-bond donors (Lipinski definition) is 9. The Morgan fingerprint density at radius 2 is 1.55 bits per heavy atom. The number of rotatable bonds is 16. The molecule has 0 spiro atoms. The number of aromatic hydroxyl groups is 1. The number of carbonyl (C=O) groups excluding carboxylic acids is 3. The topological polar surface area (TPSA) is 226 Å². The van der Waals surface area contributed by atoms with Crippen molar-refractivity contribution in [2.75, 3.05) is 12.3 Å². The number of aromatic nitrogens is 2. The first-order valence-corrected chi connectivity index (χ1v) is 12.7. The third-order valence-electron chi connectivity index (χ3n) is 5.72. The third-order valence-corrected chi connectivity index (χ3v) is 6.09. The molecule has 208 valence electrons. The van der Waals surface area contributed by atoms with Gasteiger partial charge < -0.3 is 42.6 Å². The Hall–Kier alpha value is -3.62. The molecule has 38 heavy (non-hydrogen) atoms. The number of carboxylic acids is 1. The van der Waals surface area contributed by atoms with Gasteiger partial charge >= 0.3 is 5.97 Å². The zero-order valence-corrected chi connectivity index (χ0v) is 21.7. The number of nitrogens with one attached hydrogen (secondary N) is 4. The minimum atomic E-state index is -1.28. The highest BCUT2D eigenvalue weighted by atomic mass is 32.1. The molecule has 1 heterocycles. The quantitative estimate of drug-likeness (QED) is 0.0906. The number of phenolic OH excluding ortho intramolecular Hbond substituents is 1. The van der Waals surface area contributed by atoms with Gasteiger partial charge in [0.25, 0.3) is 0 Å². The number of aliphatic carboxylic acids is 1. The monoisotopic (exact) mass is 549 g/mol. The van der Waals surface area contributed by atoms with E-state index in [1.165, 1.54) is 24.7 Å². The van der Waals surface area contributed by atoms with E-state index in [4.69, 9.17) is 11.5 Å². The molecule has 14 heteroatoms. The molecule has 10 N–H and O–H groups in total. The van der Waals surface area contributed by atoms with Gasteiger partial charge in [0.05, 0.1) is 12.4 Å². The molecule has 2 rings (SSSR count). The minimum Gasteiger partial charge on any atom is -0.508 e. The SMILES string of the molecule is NCCCCC(N)C(=O)NC(Cc1cnc[nH]1)C(=O)NC(Cc1ccc(O)cc1)C(=O)NC(CS)C(=O)O. The first kappa shape index (κ1) is 30.6. The lowest BCUT2D eigenvalue weighted by atomic mass is 10.0. The molecule has 0 saturated heterocycles. The van der Waals surface area contributed by atoms with Crippen LogP contribution in [0.1, 0.15) is 30.5 Å². The van der Waals surface area contributed by atoms with Crippen molar-refractivity contribution in [1.82, 2.24) is 25.9 Å². The highest BCUT2D eigenvalue weighted by molar-refractivity contribution is 7.80. The van der Waals surface area contributed by atoms with Crippen LogP contribution in [0.3, 0.4) is 0 Å². The number of nitrogens with zero attached hydrogens (tertiary/aromatic N) is 1. The molecule has 0 bridgehead atoms. The Kier molecular flexibility index (Phi) is 12.6. The van der Waals surface area contributed by atoms with E-state index in [9.17, 15) is 29.4 Å². The second-order valence-electron chi connectivity index (χ2n) is 8.75. The van der Waals surface area contributed by atoms with Crippen LogP contribution in [0.15, 0.2) is 36.8 Å². The summed E-state index contributed by atoms with van der Waals surface area (Å²) in [6, 6.07) is 1.53. The number of aromatic amines is 1. The van der Waals surface area contributed by atoms with E-state index in [-0.39, 0.29) is 24.3 Å². The summed E-state index contributed by atoms with van der Waals surface area (Å²) in [6.45, 7) is 0.472. The number of benzene rings is 1. The van der Waals surface area contributed by atoms with Gasteiger partial charge in [-0.3, -0.25) is 14.4 Å². The molecular weight excluding hydrogens is 514 g/mol. The smallest absolute Gasteiger partial charge is 0.327 e. The number of unbranched alkanes of at least 4 members (excludes halogenated alkanes) is 1. The van der Waals surface area contributed by atoms with E-state index >= 15 is 0 Å². The Balaban J connectivity index is 2.23. The van der Waals surface area contributed by atoms with Gasteiger partial charge in [-0.25, -0.2) is 9.78 Å². The predicted octanol–water partition coefficient (Wildman–Crippen LogP) is -1.17. The van der Waals surface area contributed by atoms with Crippen molar-refractivity contribution in [2.24, 2.45) is 11.5 Å². The van der Waals surface area contributed by atoms with Crippen molar-refractivity contribution in [3.8, 4) is 5.75 Å². The van der Waals surface area contributed by atoms with Crippen LogP contribution in [-0.4, -0.2) is 80.3 Å². The molecule has 0 aliphatic heterocycles. The van der Waals surface area contributed by atoms with Crippen molar-refractivity contribution in [1.29, 1.82) is 0 Å². The van der Waals surface area contributed by atoms with Gasteiger partial charge in [-0.2, -0.15) is 12.6 Å². The van der Waals surface area contributed by atoms with Gasteiger partial charge in [0.2, 0.25) is 17.7 Å². The fraction of sp³-hybridized carbons (Fsp3) is 0.458. The molecule has 0 aliphatic carbocycles. The first-order valence-electron chi connectivity index (χ1n) is 12.1. The van der Waals surface area contributed by atoms with Gasteiger partial charge in [-0.05, 0) is 37.1 Å². The van der Waals surface area contributed by atoms with Crippen LogP contribution < -0.4 is 27.4 Å². The number of carboxylic acid groups (broad SMARTS) is 1. The number of H-pyrrole nitrogens is 1. The fourth-order valence-corrected chi connectivity index (χ4v) is 3.80. The van der Waals surface area contributed by atoms with Crippen molar-refractivity contribution in [3.05, 3.63) is 48.0 Å². The van der Waals surface area contributed by atoms with Crippen molar-refractivity contribution < 1.29 is 29.4 Å². The average Bonchev–Trinajstić information content (AvgIpc) is 3.40. The van der Waals surface area contributed by atoms with Gasteiger partial charge in [0.1, 0.15) is 23.9 Å². The van der Waals surface area contributed by atoms with E-state index in [0.717, 1.165) is 0 Å². The van der Waals surface area contributed by atoms with Crippen molar-refractivity contribution in [3.63, 3.8) is 0 Å². The van der Waals surface area contributed by atoms with Crippen molar-refractivity contribution in [2.45, 2.75) is 56.3 Å². The van der Waals surface area contributed by atoms with E-state index in [2.05, 4.69) is 38.5 Å². The minimum absolute atomic E-state index is 0.0138. The van der Waals surface area contributed by atoms with Crippen LogP contribution in [0.5, 0.6) is 5.75 Å². The van der Waals surface area contributed by atoms with E-state index < -0.39 is 47.9 Å². The number of imidazole rings is 1.